The van der Waals surface area contributed by atoms with E-state index in [9.17, 15) is 4.79 Å². The molecule has 0 spiro atoms. The highest BCUT2D eigenvalue weighted by molar-refractivity contribution is 7.99. The monoisotopic (exact) mass is 345 g/mol. The maximum absolute atomic E-state index is 12.3. The van der Waals surface area contributed by atoms with E-state index in [1.165, 1.54) is 25.6 Å². The Balaban J connectivity index is 1.57. The number of hydrogen-bond acceptors (Lipinski definition) is 4. The van der Waals surface area contributed by atoms with Crippen LogP contribution < -0.4 is 10.6 Å². The molecule has 2 atom stereocenters. The normalized spacial score (nSPS) is 20.5. The Morgan fingerprint density at radius 2 is 2.25 bits per heavy atom. The summed E-state index contributed by atoms with van der Waals surface area (Å²) in [6, 6.07) is 7.94. The Morgan fingerprint density at radius 1 is 1.38 bits per heavy atom. The first-order valence-electron chi connectivity index (χ1n) is 8.26. The second-order valence-electron chi connectivity index (χ2n) is 6.06. The third kappa shape index (κ3) is 4.50. The number of nitrogens with one attached hydrogen (secondary N) is 2. The van der Waals surface area contributed by atoms with Crippen molar-refractivity contribution < 1.29 is 4.79 Å². The van der Waals surface area contributed by atoms with Crippen LogP contribution in [0.3, 0.4) is 0 Å². The van der Waals surface area contributed by atoms with Crippen LogP contribution in [0.1, 0.15) is 31.2 Å². The molecule has 1 aromatic carbocycles. The molecule has 0 aliphatic heterocycles. The van der Waals surface area contributed by atoms with Crippen LogP contribution in [0.5, 0.6) is 0 Å². The molecular formula is C17H23N5OS. The fourth-order valence-corrected chi connectivity index (χ4v) is 4.06. The van der Waals surface area contributed by atoms with Gasteiger partial charge >= 0.3 is 6.03 Å². The molecule has 0 radical (unpaired) electrons. The highest BCUT2D eigenvalue weighted by atomic mass is 32.2. The molecule has 1 aliphatic rings. The second-order valence-corrected chi connectivity index (χ2v) is 7.13. The van der Waals surface area contributed by atoms with Crippen LogP contribution in [0.15, 0.2) is 36.9 Å². The van der Waals surface area contributed by atoms with Crippen LogP contribution in [-0.4, -0.2) is 38.3 Å². The van der Waals surface area contributed by atoms with Crippen molar-refractivity contribution in [1.82, 2.24) is 20.1 Å². The van der Waals surface area contributed by atoms with Gasteiger partial charge in [0.1, 0.15) is 12.7 Å². The highest BCUT2D eigenvalue weighted by Crippen LogP contribution is 2.27. The maximum atomic E-state index is 12.3. The molecule has 2 aromatic rings. The van der Waals surface area contributed by atoms with Crippen LogP contribution in [0, 0.1) is 0 Å². The predicted octanol–water partition coefficient (Wildman–Crippen LogP) is 3.12. The summed E-state index contributed by atoms with van der Waals surface area (Å²) in [5.41, 5.74) is 1.86. The molecule has 3 rings (SSSR count). The molecule has 0 bridgehead atoms. The van der Waals surface area contributed by atoms with Gasteiger partial charge in [-0.25, -0.2) is 14.5 Å². The molecule has 1 heterocycles. The van der Waals surface area contributed by atoms with Gasteiger partial charge < -0.3 is 10.6 Å². The number of carbonyl (C=O) groups is 1. The summed E-state index contributed by atoms with van der Waals surface area (Å²) in [6.45, 7) is 0.633. The Morgan fingerprint density at radius 3 is 3.04 bits per heavy atom. The first-order chi connectivity index (χ1) is 11.7. The summed E-state index contributed by atoms with van der Waals surface area (Å²) in [5, 5.41) is 10.7. The lowest BCUT2D eigenvalue weighted by atomic mass is 9.95. The smallest absolute Gasteiger partial charge is 0.319 e. The van der Waals surface area contributed by atoms with Crippen molar-refractivity contribution in [2.75, 3.05) is 11.6 Å². The van der Waals surface area contributed by atoms with E-state index in [1.807, 2.05) is 36.0 Å². The Bertz CT molecular complexity index is 661. The topological polar surface area (TPSA) is 71.8 Å². The van der Waals surface area contributed by atoms with Crippen molar-refractivity contribution >= 4 is 23.5 Å². The van der Waals surface area contributed by atoms with Gasteiger partial charge in [-0.15, -0.1) is 0 Å². The van der Waals surface area contributed by atoms with Crippen molar-refractivity contribution in [3.63, 3.8) is 0 Å². The maximum Gasteiger partial charge on any atom is 0.319 e. The minimum Gasteiger partial charge on any atom is -0.334 e. The Kier molecular flexibility index (Phi) is 5.74. The van der Waals surface area contributed by atoms with Gasteiger partial charge in [0, 0.05) is 17.0 Å². The fraction of sp³-hybridized carbons (Fsp3) is 0.471. The molecule has 2 N–H and O–H groups in total. The first kappa shape index (κ1) is 16.8. The van der Waals surface area contributed by atoms with E-state index < -0.39 is 0 Å². The zero-order valence-electron chi connectivity index (χ0n) is 13.8. The summed E-state index contributed by atoms with van der Waals surface area (Å²) in [6.07, 6.45) is 10.0. The van der Waals surface area contributed by atoms with E-state index in [1.54, 1.807) is 11.0 Å². The number of aromatic nitrogens is 3. The standard InChI is InChI=1S/C17H23N5OS/c1-24-16-8-3-2-7-15(16)21-17(23)20-14-6-4-5-13(9-14)10-22-12-18-11-19-22/h4-6,9,11-12,15-16H,2-3,7-8,10H2,1H3,(H2,20,21,23)/t15-,16-/m0/s1. The number of anilines is 1. The third-order valence-electron chi connectivity index (χ3n) is 4.32. The van der Waals surface area contributed by atoms with Crippen molar-refractivity contribution in [2.45, 2.75) is 43.5 Å². The number of urea groups is 1. The SMILES string of the molecule is CS[C@H]1CCCC[C@@H]1NC(=O)Nc1cccc(Cn2cncn2)c1. The summed E-state index contributed by atoms with van der Waals surface area (Å²) < 4.78 is 1.75. The largest absolute Gasteiger partial charge is 0.334 e. The Hall–Kier alpha value is -2.02. The Labute approximate surface area is 146 Å². The van der Waals surface area contributed by atoms with Crippen LogP contribution in [0.2, 0.25) is 0 Å². The van der Waals surface area contributed by atoms with E-state index in [-0.39, 0.29) is 12.1 Å². The molecular weight excluding hydrogens is 322 g/mol. The molecule has 1 fully saturated rings. The predicted molar refractivity (Wildman–Crippen MR) is 97.3 cm³/mol. The molecule has 0 saturated heterocycles. The van der Waals surface area contributed by atoms with Crippen molar-refractivity contribution in [3.05, 3.63) is 42.5 Å². The lowest BCUT2D eigenvalue weighted by molar-refractivity contribution is 0.245. The molecule has 24 heavy (non-hydrogen) atoms. The number of nitrogens with zero attached hydrogens (tertiary/aromatic N) is 3. The van der Waals surface area contributed by atoms with Gasteiger partial charge in [-0.3, -0.25) is 0 Å². The summed E-state index contributed by atoms with van der Waals surface area (Å²) in [5.74, 6) is 0. The lowest BCUT2D eigenvalue weighted by Gasteiger charge is -2.30. The number of amides is 2. The van der Waals surface area contributed by atoms with E-state index in [2.05, 4.69) is 27.0 Å². The van der Waals surface area contributed by atoms with E-state index in [4.69, 9.17) is 0 Å². The van der Waals surface area contributed by atoms with Gasteiger partial charge in [-0.1, -0.05) is 25.0 Å². The van der Waals surface area contributed by atoms with Crippen molar-refractivity contribution in [1.29, 1.82) is 0 Å². The van der Waals surface area contributed by atoms with E-state index in [0.717, 1.165) is 17.7 Å². The third-order valence-corrected chi connectivity index (χ3v) is 5.49. The van der Waals surface area contributed by atoms with Crippen molar-refractivity contribution in [2.24, 2.45) is 0 Å². The van der Waals surface area contributed by atoms with Crippen LogP contribution in [0.4, 0.5) is 10.5 Å². The molecule has 6 nitrogen and oxygen atoms in total. The van der Waals surface area contributed by atoms with Gasteiger partial charge in [0.05, 0.1) is 6.54 Å². The fourth-order valence-electron chi connectivity index (χ4n) is 3.13. The summed E-state index contributed by atoms with van der Waals surface area (Å²) in [4.78, 5) is 16.3. The minimum atomic E-state index is -0.126. The summed E-state index contributed by atoms with van der Waals surface area (Å²) in [7, 11) is 0. The molecule has 1 saturated carbocycles. The molecule has 7 heteroatoms. The summed E-state index contributed by atoms with van der Waals surface area (Å²) >= 11 is 1.85. The van der Waals surface area contributed by atoms with E-state index >= 15 is 0 Å². The first-order valence-corrected chi connectivity index (χ1v) is 9.55. The molecule has 1 aromatic heterocycles. The molecule has 2 amide bonds. The lowest BCUT2D eigenvalue weighted by Crippen LogP contribution is -2.45. The van der Waals surface area contributed by atoms with Crippen LogP contribution in [0.25, 0.3) is 0 Å². The molecule has 0 unspecified atom stereocenters. The van der Waals surface area contributed by atoms with Gasteiger partial charge in [0.2, 0.25) is 0 Å². The number of benzene rings is 1. The van der Waals surface area contributed by atoms with Crippen LogP contribution >= 0.6 is 11.8 Å². The second kappa shape index (κ2) is 8.19. The number of hydrogen-bond donors (Lipinski definition) is 2. The van der Waals surface area contributed by atoms with Gasteiger partial charge in [0.25, 0.3) is 0 Å². The van der Waals surface area contributed by atoms with Crippen LogP contribution in [-0.2, 0) is 6.54 Å². The quantitative estimate of drug-likeness (QED) is 0.873. The average molecular weight is 345 g/mol. The van der Waals surface area contributed by atoms with Gasteiger partial charge in [0.15, 0.2) is 0 Å². The zero-order chi connectivity index (χ0) is 16.8. The zero-order valence-corrected chi connectivity index (χ0v) is 14.6. The number of rotatable bonds is 5. The van der Waals surface area contributed by atoms with Gasteiger partial charge in [-0.05, 0) is 36.8 Å². The highest BCUT2D eigenvalue weighted by Gasteiger charge is 2.25. The molecule has 128 valence electrons. The minimum absolute atomic E-state index is 0.126. The molecule has 1 aliphatic carbocycles. The average Bonchev–Trinajstić information content (AvgIpc) is 3.08. The van der Waals surface area contributed by atoms with E-state index in [0.29, 0.717) is 11.8 Å². The number of thioether (sulfide) groups is 1. The van der Waals surface area contributed by atoms with Gasteiger partial charge in [-0.2, -0.15) is 16.9 Å². The van der Waals surface area contributed by atoms with Crippen molar-refractivity contribution in [3.8, 4) is 0 Å². The number of carbonyl (C=O) groups excluding carboxylic acids is 1.